The fraction of sp³-hybridized carbons (Fsp3) is 0.385. The first-order valence-electron chi connectivity index (χ1n) is 11.6. The van der Waals surface area contributed by atoms with Gasteiger partial charge in [0.05, 0.1) is 30.5 Å². The molecule has 37 heavy (non-hydrogen) atoms. The summed E-state index contributed by atoms with van der Waals surface area (Å²) >= 11 is 3.37. The summed E-state index contributed by atoms with van der Waals surface area (Å²) in [6.45, 7) is 7.13. The summed E-state index contributed by atoms with van der Waals surface area (Å²) in [6, 6.07) is 13.5. The van der Waals surface area contributed by atoms with E-state index in [0.29, 0.717) is 15.8 Å². The fourth-order valence-corrected chi connectivity index (χ4v) is 3.31. The lowest BCUT2D eigenvalue weighted by Crippen LogP contribution is -2.49. The number of hydrazone groups is 1. The quantitative estimate of drug-likeness (QED) is 0.222. The molecule has 0 saturated heterocycles. The molecule has 0 aliphatic rings. The smallest absolute Gasteiger partial charge is 0.408 e. The maximum atomic E-state index is 12.8. The number of amides is 2. The van der Waals surface area contributed by atoms with Crippen molar-refractivity contribution in [1.82, 2.24) is 10.7 Å². The third-order valence-electron chi connectivity index (χ3n) is 4.40. The number of hydrogen-bond donors (Lipinski definition) is 2. The highest BCUT2D eigenvalue weighted by atomic mass is 79.9. The molecule has 2 amide bonds. The average Bonchev–Trinajstić information content (AvgIpc) is 2.82. The molecule has 0 aromatic heterocycles. The van der Waals surface area contributed by atoms with E-state index < -0.39 is 29.6 Å². The van der Waals surface area contributed by atoms with Crippen molar-refractivity contribution in [2.75, 3.05) is 19.8 Å². The molecule has 0 fully saturated rings. The summed E-state index contributed by atoms with van der Waals surface area (Å²) in [5.41, 5.74) is 3.25. The van der Waals surface area contributed by atoms with E-state index in [1.165, 1.54) is 6.21 Å². The Labute approximate surface area is 224 Å². The van der Waals surface area contributed by atoms with Crippen LogP contribution >= 0.6 is 15.9 Å². The maximum absolute atomic E-state index is 12.8. The Morgan fingerprint density at radius 2 is 1.84 bits per heavy atom. The van der Waals surface area contributed by atoms with Crippen molar-refractivity contribution < 1.29 is 33.3 Å². The monoisotopic (exact) mass is 577 g/mol. The molecule has 0 saturated carbocycles. The summed E-state index contributed by atoms with van der Waals surface area (Å²) in [4.78, 5) is 36.5. The lowest BCUT2D eigenvalue weighted by atomic mass is 10.2. The zero-order valence-electron chi connectivity index (χ0n) is 21.3. The molecule has 0 heterocycles. The molecule has 2 aromatic carbocycles. The highest BCUT2D eigenvalue weighted by Gasteiger charge is 2.24. The molecule has 0 bridgehead atoms. The van der Waals surface area contributed by atoms with Crippen molar-refractivity contribution in [1.29, 1.82) is 0 Å². The van der Waals surface area contributed by atoms with Gasteiger partial charge in [0.1, 0.15) is 17.4 Å². The van der Waals surface area contributed by atoms with Gasteiger partial charge in [0.2, 0.25) is 0 Å². The number of halogens is 1. The minimum atomic E-state index is -1.04. The van der Waals surface area contributed by atoms with Crippen LogP contribution in [0.5, 0.6) is 5.75 Å². The van der Waals surface area contributed by atoms with Crippen LogP contribution in [0.3, 0.4) is 0 Å². The number of nitrogens with zero attached hydrogens (tertiary/aromatic N) is 1. The zero-order valence-corrected chi connectivity index (χ0v) is 22.9. The number of rotatable bonds is 12. The van der Waals surface area contributed by atoms with Crippen LogP contribution in [0.4, 0.5) is 4.79 Å². The standard InChI is InChI=1S/C26H32BrN3O7/c1-5-35-23(31)17-36-22-12-11-19(13-20(22)27)14-28-30-24(32)21(29-25(33)37-26(2,3)4)16-34-15-18-9-7-6-8-10-18/h6-14,21H,5,15-17H2,1-4H3,(H,29,33)(H,30,32)/b28-14-/t21-/m0/s1. The van der Waals surface area contributed by atoms with Gasteiger partial charge in [-0.25, -0.2) is 15.0 Å². The van der Waals surface area contributed by atoms with Gasteiger partial charge in [-0.05, 0) is 73.0 Å². The highest BCUT2D eigenvalue weighted by Crippen LogP contribution is 2.25. The molecule has 0 unspecified atom stereocenters. The van der Waals surface area contributed by atoms with Crippen LogP contribution in [-0.2, 0) is 30.4 Å². The molecule has 2 N–H and O–H groups in total. The van der Waals surface area contributed by atoms with Gasteiger partial charge in [0, 0.05) is 0 Å². The Morgan fingerprint density at radius 1 is 1.11 bits per heavy atom. The molecular weight excluding hydrogens is 546 g/mol. The highest BCUT2D eigenvalue weighted by molar-refractivity contribution is 9.10. The number of alkyl carbamates (subject to hydrolysis) is 1. The maximum Gasteiger partial charge on any atom is 0.408 e. The van der Waals surface area contributed by atoms with Gasteiger partial charge < -0.3 is 24.3 Å². The third-order valence-corrected chi connectivity index (χ3v) is 5.02. The van der Waals surface area contributed by atoms with Gasteiger partial charge >= 0.3 is 12.1 Å². The largest absolute Gasteiger partial charge is 0.481 e. The lowest BCUT2D eigenvalue weighted by Gasteiger charge is -2.22. The molecule has 0 spiro atoms. The minimum Gasteiger partial charge on any atom is -0.481 e. The number of benzene rings is 2. The number of esters is 1. The Morgan fingerprint density at radius 3 is 2.49 bits per heavy atom. The first-order valence-corrected chi connectivity index (χ1v) is 12.4. The summed E-state index contributed by atoms with van der Waals surface area (Å²) in [5, 5.41) is 6.49. The lowest BCUT2D eigenvalue weighted by molar-refractivity contribution is -0.145. The van der Waals surface area contributed by atoms with Crippen molar-refractivity contribution in [3.05, 3.63) is 64.1 Å². The second-order valence-corrected chi connectivity index (χ2v) is 9.57. The van der Waals surface area contributed by atoms with Crippen molar-refractivity contribution in [2.24, 2.45) is 5.10 Å². The SMILES string of the molecule is CCOC(=O)COc1ccc(/C=N\NC(=O)[C@H](COCc2ccccc2)NC(=O)OC(C)(C)C)cc1Br. The van der Waals surface area contributed by atoms with Gasteiger partial charge in [0.25, 0.3) is 5.91 Å². The van der Waals surface area contributed by atoms with Crippen LogP contribution in [0.15, 0.2) is 58.1 Å². The van der Waals surface area contributed by atoms with Gasteiger partial charge in [-0.15, -0.1) is 0 Å². The van der Waals surface area contributed by atoms with Crippen LogP contribution in [0.2, 0.25) is 0 Å². The van der Waals surface area contributed by atoms with Crippen molar-refractivity contribution >= 4 is 40.1 Å². The molecule has 1 atom stereocenters. The summed E-state index contributed by atoms with van der Waals surface area (Å²) in [5.74, 6) is -0.597. The topological polar surface area (TPSA) is 125 Å². The van der Waals surface area contributed by atoms with E-state index in [4.69, 9.17) is 18.9 Å². The molecular formula is C26H32BrN3O7. The Balaban J connectivity index is 1.97. The van der Waals surface area contributed by atoms with Gasteiger partial charge in [-0.1, -0.05) is 30.3 Å². The molecule has 10 nitrogen and oxygen atoms in total. The van der Waals surface area contributed by atoms with E-state index in [-0.39, 0.29) is 26.4 Å². The van der Waals surface area contributed by atoms with Gasteiger partial charge in [-0.3, -0.25) is 4.79 Å². The van der Waals surface area contributed by atoms with Gasteiger partial charge in [0.15, 0.2) is 6.61 Å². The van der Waals surface area contributed by atoms with Crippen molar-refractivity contribution in [3.63, 3.8) is 0 Å². The van der Waals surface area contributed by atoms with E-state index >= 15 is 0 Å². The van der Waals surface area contributed by atoms with Crippen LogP contribution in [0, 0.1) is 0 Å². The number of nitrogens with one attached hydrogen (secondary N) is 2. The third kappa shape index (κ3) is 11.9. The molecule has 2 rings (SSSR count). The number of carbonyl (C=O) groups is 3. The summed E-state index contributed by atoms with van der Waals surface area (Å²) in [7, 11) is 0. The predicted octanol–water partition coefficient (Wildman–Crippen LogP) is 3.95. The van der Waals surface area contributed by atoms with Gasteiger partial charge in [-0.2, -0.15) is 5.10 Å². The molecule has 11 heteroatoms. The molecule has 0 aliphatic carbocycles. The Bertz CT molecular complexity index is 1070. The van der Waals surface area contributed by atoms with E-state index in [9.17, 15) is 14.4 Å². The van der Waals surface area contributed by atoms with E-state index in [2.05, 4.69) is 31.8 Å². The van der Waals surface area contributed by atoms with Crippen molar-refractivity contribution in [2.45, 2.75) is 45.9 Å². The van der Waals surface area contributed by atoms with Crippen molar-refractivity contribution in [3.8, 4) is 5.75 Å². The van der Waals surface area contributed by atoms with Crippen LogP contribution in [0.25, 0.3) is 0 Å². The fourth-order valence-electron chi connectivity index (χ4n) is 2.80. The number of hydrogen-bond acceptors (Lipinski definition) is 8. The molecule has 2 aromatic rings. The van der Waals surface area contributed by atoms with E-state index in [0.717, 1.165) is 5.56 Å². The van der Waals surface area contributed by atoms with E-state index in [1.54, 1.807) is 45.9 Å². The number of carbonyl (C=O) groups excluding carboxylic acids is 3. The Hall–Kier alpha value is -3.44. The Kier molecular flexibility index (Phi) is 12.0. The zero-order chi connectivity index (χ0) is 27.3. The number of ether oxygens (including phenoxy) is 4. The molecule has 0 radical (unpaired) electrons. The van der Waals surface area contributed by atoms with Crippen LogP contribution in [0.1, 0.15) is 38.8 Å². The average molecular weight is 578 g/mol. The summed E-state index contributed by atoms with van der Waals surface area (Å²) < 4.78 is 21.7. The predicted molar refractivity (Wildman–Crippen MR) is 141 cm³/mol. The van der Waals surface area contributed by atoms with E-state index in [1.807, 2.05) is 30.3 Å². The second-order valence-electron chi connectivity index (χ2n) is 8.72. The minimum absolute atomic E-state index is 0.0897. The molecule has 0 aliphatic heterocycles. The van der Waals surface area contributed by atoms with Crippen LogP contribution < -0.4 is 15.5 Å². The first-order chi connectivity index (χ1) is 17.6. The van der Waals surface area contributed by atoms with Crippen LogP contribution in [-0.4, -0.2) is 55.6 Å². The first kappa shape index (κ1) is 29.8. The second kappa shape index (κ2) is 15.0. The molecule has 200 valence electrons. The normalized spacial score (nSPS) is 12.0. The summed E-state index contributed by atoms with van der Waals surface area (Å²) in [6.07, 6.45) is 0.676.